The molecule has 3 heteroatoms. The van der Waals surface area contributed by atoms with E-state index in [1.54, 1.807) is 0 Å². The summed E-state index contributed by atoms with van der Waals surface area (Å²) in [6, 6.07) is 10.9. The highest BCUT2D eigenvalue weighted by atomic mass is 15.3. The minimum atomic E-state index is 0.202. The smallest absolute Gasteiger partial charge is 0.0649 e. The fourth-order valence-electron chi connectivity index (χ4n) is 2.27. The van der Waals surface area contributed by atoms with Gasteiger partial charge in [0.05, 0.1) is 11.4 Å². The largest absolute Gasteiger partial charge is 0.328 e. The number of hydrogen-bond donors (Lipinski definition) is 1. The molecule has 2 aromatic rings. The molecule has 1 unspecified atom stereocenters. The van der Waals surface area contributed by atoms with Crippen molar-refractivity contribution >= 4 is 0 Å². The van der Waals surface area contributed by atoms with Gasteiger partial charge in [0, 0.05) is 11.7 Å². The van der Waals surface area contributed by atoms with Crippen LogP contribution in [0, 0.1) is 0 Å². The van der Waals surface area contributed by atoms with E-state index in [9.17, 15) is 0 Å². The Bertz CT molecular complexity index is 523. The Balaban J connectivity index is 2.28. The summed E-state index contributed by atoms with van der Waals surface area (Å²) in [5.41, 5.74) is 10.6. The topological polar surface area (TPSA) is 43.8 Å². The zero-order valence-electron chi connectivity index (χ0n) is 12.1. The van der Waals surface area contributed by atoms with Crippen molar-refractivity contribution in [1.29, 1.82) is 0 Å². The maximum Gasteiger partial charge on any atom is 0.0649 e. The second-order valence-electron chi connectivity index (χ2n) is 5.09. The molecule has 0 fully saturated rings. The predicted octanol–water partition coefficient (Wildman–Crippen LogP) is 2.89. The van der Waals surface area contributed by atoms with Gasteiger partial charge in [-0.3, -0.25) is 0 Å². The van der Waals surface area contributed by atoms with Crippen molar-refractivity contribution < 1.29 is 0 Å². The minimum absolute atomic E-state index is 0.202. The molecule has 0 aliphatic carbocycles. The maximum atomic E-state index is 5.82. The number of nitrogens with two attached hydrogens (primary N) is 1. The van der Waals surface area contributed by atoms with E-state index >= 15 is 0 Å². The first-order valence-corrected chi connectivity index (χ1v) is 7.06. The van der Waals surface area contributed by atoms with Crippen LogP contribution in [0.25, 0.3) is 5.69 Å². The SMILES string of the molecule is CCc1cc(CC)n(-c2ccc(CC(C)N)cc2)n1. The van der Waals surface area contributed by atoms with Crippen LogP contribution in [0.1, 0.15) is 37.7 Å². The normalized spacial score (nSPS) is 12.6. The van der Waals surface area contributed by atoms with Crippen molar-refractivity contribution in [3.8, 4) is 5.69 Å². The third-order valence-corrected chi connectivity index (χ3v) is 3.30. The Morgan fingerprint density at radius 2 is 1.84 bits per heavy atom. The molecule has 1 aromatic carbocycles. The molecule has 102 valence electrons. The zero-order chi connectivity index (χ0) is 13.8. The summed E-state index contributed by atoms with van der Waals surface area (Å²) in [7, 11) is 0. The van der Waals surface area contributed by atoms with Gasteiger partial charge in [0.2, 0.25) is 0 Å². The summed E-state index contributed by atoms with van der Waals surface area (Å²) in [5.74, 6) is 0. The van der Waals surface area contributed by atoms with Crippen LogP contribution in [0.15, 0.2) is 30.3 Å². The molecule has 0 saturated heterocycles. The van der Waals surface area contributed by atoms with E-state index in [0.717, 1.165) is 30.6 Å². The lowest BCUT2D eigenvalue weighted by molar-refractivity contribution is 0.736. The second kappa shape index (κ2) is 6.02. The molecule has 1 heterocycles. The quantitative estimate of drug-likeness (QED) is 0.895. The lowest BCUT2D eigenvalue weighted by Crippen LogP contribution is -2.17. The van der Waals surface area contributed by atoms with E-state index in [4.69, 9.17) is 5.73 Å². The summed E-state index contributed by atoms with van der Waals surface area (Å²) in [6.07, 6.45) is 2.89. The first kappa shape index (κ1) is 13.8. The predicted molar refractivity (Wildman–Crippen MR) is 79.7 cm³/mol. The average molecular weight is 257 g/mol. The van der Waals surface area contributed by atoms with Gasteiger partial charge in [0.25, 0.3) is 0 Å². The molecule has 3 nitrogen and oxygen atoms in total. The van der Waals surface area contributed by atoms with Crippen LogP contribution in [0.3, 0.4) is 0 Å². The van der Waals surface area contributed by atoms with E-state index in [1.165, 1.54) is 11.3 Å². The lowest BCUT2D eigenvalue weighted by atomic mass is 10.1. The first-order chi connectivity index (χ1) is 9.13. The molecule has 0 radical (unpaired) electrons. The van der Waals surface area contributed by atoms with Gasteiger partial charge < -0.3 is 5.73 Å². The highest BCUT2D eigenvalue weighted by Crippen LogP contribution is 2.15. The lowest BCUT2D eigenvalue weighted by Gasteiger charge is -2.08. The first-order valence-electron chi connectivity index (χ1n) is 7.06. The van der Waals surface area contributed by atoms with Crippen LogP contribution >= 0.6 is 0 Å². The van der Waals surface area contributed by atoms with Crippen molar-refractivity contribution in [3.63, 3.8) is 0 Å². The molecule has 0 aliphatic heterocycles. The Hall–Kier alpha value is -1.61. The third-order valence-electron chi connectivity index (χ3n) is 3.30. The molecule has 2 N–H and O–H groups in total. The van der Waals surface area contributed by atoms with E-state index in [0.29, 0.717) is 0 Å². The molecule has 1 aromatic heterocycles. The molecule has 0 aliphatic rings. The van der Waals surface area contributed by atoms with Gasteiger partial charge in [-0.05, 0) is 49.9 Å². The highest BCUT2D eigenvalue weighted by molar-refractivity contribution is 5.36. The Morgan fingerprint density at radius 1 is 1.16 bits per heavy atom. The fourth-order valence-corrected chi connectivity index (χ4v) is 2.27. The van der Waals surface area contributed by atoms with Crippen LogP contribution in [0.4, 0.5) is 0 Å². The van der Waals surface area contributed by atoms with Crippen LogP contribution in [-0.2, 0) is 19.3 Å². The molecule has 2 rings (SSSR count). The van der Waals surface area contributed by atoms with Crippen LogP contribution < -0.4 is 5.73 Å². The number of rotatable bonds is 5. The molecule has 0 spiro atoms. The summed E-state index contributed by atoms with van der Waals surface area (Å²) in [6.45, 7) is 6.33. The summed E-state index contributed by atoms with van der Waals surface area (Å²) in [4.78, 5) is 0. The van der Waals surface area contributed by atoms with Crippen molar-refractivity contribution in [2.45, 2.75) is 46.1 Å². The average Bonchev–Trinajstić information content (AvgIpc) is 2.82. The van der Waals surface area contributed by atoms with Gasteiger partial charge in [-0.2, -0.15) is 5.10 Å². The molecule has 0 bridgehead atoms. The summed E-state index contributed by atoms with van der Waals surface area (Å²) >= 11 is 0. The van der Waals surface area contributed by atoms with E-state index in [1.807, 2.05) is 6.92 Å². The maximum absolute atomic E-state index is 5.82. The van der Waals surface area contributed by atoms with Crippen LogP contribution in [0.5, 0.6) is 0 Å². The molecule has 1 atom stereocenters. The Labute approximate surface area is 115 Å². The molecular weight excluding hydrogens is 234 g/mol. The Kier molecular flexibility index (Phi) is 4.38. The van der Waals surface area contributed by atoms with Gasteiger partial charge in [0.15, 0.2) is 0 Å². The van der Waals surface area contributed by atoms with Crippen molar-refractivity contribution in [2.24, 2.45) is 5.73 Å². The van der Waals surface area contributed by atoms with Gasteiger partial charge in [-0.25, -0.2) is 4.68 Å². The third kappa shape index (κ3) is 3.24. The fraction of sp³-hybridized carbons (Fsp3) is 0.438. The number of aromatic nitrogens is 2. The van der Waals surface area contributed by atoms with E-state index in [-0.39, 0.29) is 6.04 Å². The van der Waals surface area contributed by atoms with Gasteiger partial charge >= 0.3 is 0 Å². The van der Waals surface area contributed by atoms with E-state index < -0.39 is 0 Å². The molecule has 0 amide bonds. The van der Waals surface area contributed by atoms with Crippen molar-refractivity contribution in [3.05, 3.63) is 47.3 Å². The zero-order valence-corrected chi connectivity index (χ0v) is 12.1. The highest BCUT2D eigenvalue weighted by Gasteiger charge is 2.07. The number of hydrogen-bond acceptors (Lipinski definition) is 2. The number of benzene rings is 1. The van der Waals surface area contributed by atoms with Gasteiger partial charge in [0.1, 0.15) is 0 Å². The van der Waals surface area contributed by atoms with E-state index in [2.05, 4.69) is 54.0 Å². The van der Waals surface area contributed by atoms with Gasteiger partial charge in [-0.15, -0.1) is 0 Å². The number of nitrogens with zero attached hydrogens (tertiary/aromatic N) is 2. The second-order valence-corrected chi connectivity index (χ2v) is 5.09. The van der Waals surface area contributed by atoms with Crippen molar-refractivity contribution in [2.75, 3.05) is 0 Å². The molecule has 0 saturated carbocycles. The monoisotopic (exact) mass is 257 g/mol. The Morgan fingerprint density at radius 3 is 2.37 bits per heavy atom. The summed E-state index contributed by atoms with van der Waals surface area (Å²) in [5, 5.41) is 4.65. The standard InChI is InChI=1S/C16H23N3/c1-4-14-11-15(5-2)19(18-14)16-8-6-13(7-9-16)10-12(3)17/h6-9,11-12H,4-5,10,17H2,1-3H3. The van der Waals surface area contributed by atoms with Gasteiger partial charge in [-0.1, -0.05) is 26.0 Å². The molecule has 19 heavy (non-hydrogen) atoms. The number of aryl methyl sites for hydroxylation is 2. The minimum Gasteiger partial charge on any atom is -0.328 e. The van der Waals surface area contributed by atoms with Crippen LogP contribution in [-0.4, -0.2) is 15.8 Å². The molecular formula is C16H23N3. The van der Waals surface area contributed by atoms with Crippen molar-refractivity contribution in [1.82, 2.24) is 9.78 Å². The van der Waals surface area contributed by atoms with Crippen LogP contribution in [0.2, 0.25) is 0 Å². The summed E-state index contributed by atoms with van der Waals surface area (Å²) < 4.78 is 2.05.